The highest BCUT2D eigenvalue weighted by Gasteiger charge is 2.11. The Morgan fingerprint density at radius 3 is 2.33 bits per heavy atom. The number of aromatic nitrogens is 2. The van der Waals surface area contributed by atoms with Crippen molar-refractivity contribution in [3.05, 3.63) is 45.2 Å². The summed E-state index contributed by atoms with van der Waals surface area (Å²) in [5.41, 5.74) is 5.76. The van der Waals surface area contributed by atoms with Gasteiger partial charge in [-0.15, -0.1) is 0 Å². The van der Waals surface area contributed by atoms with Crippen molar-refractivity contribution >= 4 is 15.9 Å². The van der Waals surface area contributed by atoms with Crippen LogP contribution in [0.3, 0.4) is 0 Å². The molecule has 0 unspecified atom stereocenters. The molecule has 0 saturated carbocycles. The minimum Gasteiger partial charge on any atom is -0.320 e. The van der Waals surface area contributed by atoms with Crippen LogP contribution in [0.5, 0.6) is 0 Å². The van der Waals surface area contributed by atoms with Crippen molar-refractivity contribution in [2.75, 3.05) is 13.6 Å². The smallest absolute Gasteiger partial charge is 0.159 e. The van der Waals surface area contributed by atoms with Gasteiger partial charge in [0.2, 0.25) is 0 Å². The second kappa shape index (κ2) is 7.14. The Morgan fingerprint density at radius 1 is 1.10 bits per heavy atom. The highest BCUT2D eigenvalue weighted by Crippen LogP contribution is 2.25. The quantitative estimate of drug-likeness (QED) is 0.831. The molecule has 4 heteroatoms. The van der Waals surface area contributed by atoms with E-state index in [-0.39, 0.29) is 0 Å². The zero-order valence-electron chi connectivity index (χ0n) is 13.1. The maximum absolute atomic E-state index is 4.73. The molecule has 0 aliphatic rings. The molecule has 0 amide bonds. The van der Waals surface area contributed by atoms with Crippen molar-refractivity contribution < 1.29 is 0 Å². The molecule has 2 rings (SSSR count). The highest BCUT2D eigenvalue weighted by atomic mass is 79.9. The fourth-order valence-corrected chi connectivity index (χ4v) is 3.02. The summed E-state index contributed by atoms with van der Waals surface area (Å²) in [7, 11) is 1.98. The van der Waals surface area contributed by atoms with Crippen LogP contribution in [0.15, 0.2) is 22.7 Å². The molecular weight excluding hydrogens is 326 g/mol. The van der Waals surface area contributed by atoms with E-state index in [0.717, 1.165) is 46.6 Å². The molecule has 112 valence electrons. The van der Waals surface area contributed by atoms with Gasteiger partial charge in [0.05, 0.1) is 0 Å². The summed E-state index contributed by atoms with van der Waals surface area (Å²) in [6, 6.07) is 6.22. The van der Waals surface area contributed by atoms with Crippen LogP contribution >= 0.6 is 15.9 Å². The number of halogens is 1. The van der Waals surface area contributed by atoms with E-state index >= 15 is 0 Å². The van der Waals surface area contributed by atoms with Gasteiger partial charge in [0, 0.05) is 21.4 Å². The van der Waals surface area contributed by atoms with Crippen molar-refractivity contribution in [1.82, 2.24) is 15.3 Å². The van der Waals surface area contributed by atoms with Crippen molar-refractivity contribution in [3.63, 3.8) is 0 Å². The molecule has 0 fully saturated rings. The predicted octanol–water partition coefficient (Wildman–Crippen LogP) is 3.98. The van der Waals surface area contributed by atoms with E-state index in [1.807, 2.05) is 13.1 Å². The minimum atomic E-state index is 0.826. The summed E-state index contributed by atoms with van der Waals surface area (Å²) in [5, 5.41) is 3.18. The van der Waals surface area contributed by atoms with Gasteiger partial charge in [-0.2, -0.15) is 0 Å². The van der Waals surface area contributed by atoms with E-state index in [0.29, 0.717) is 0 Å². The lowest BCUT2D eigenvalue weighted by Gasteiger charge is -2.12. The zero-order valence-corrected chi connectivity index (χ0v) is 14.7. The zero-order chi connectivity index (χ0) is 15.4. The Kier molecular flexibility index (Phi) is 5.48. The van der Waals surface area contributed by atoms with E-state index in [4.69, 9.17) is 9.97 Å². The Morgan fingerprint density at radius 2 is 1.76 bits per heavy atom. The largest absolute Gasteiger partial charge is 0.320 e. The standard InChI is InChI=1S/C17H22BrN3/c1-11-10-14(18)7-8-15(11)17-20-12(2)16(13(3)21-17)6-5-9-19-4/h7-8,10,19H,5-6,9H2,1-4H3. The molecule has 1 aromatic carbocycles. The normalized spacial score (nSPS) is 10.9. The van der Waals surface area contributed by atoms with E-state index in [2.05, 4.69) is 54.2 Å². The SMILES string of the molecule is CNCCCc1c(C)nc(-c2ccc(Br)cc2C)nc1C. The lowest BCUT2D eigenvalue weighted by Crippen LogP contribution is -2.10. The number of benzene rings is 1. The monoisotopic (exact) mass is 347 g/mol. The van der Waals surface area contributed by atoms with Gasteiger partial charge in [-0.05, 0) is 76.5 Å². The Balaban J connectivity index is 2.35. The second-order valence-corrected chi connectivity index (χ2v) is 6.28. The van der Waals surface area contributed by atoms with Gasteiger partial charge < -0.3 is 5.32 Å². The molecule has 3 nitrogen and oxygen atoms in total. The van der Waals surface area contributed by atoms with Crippen molar-refractivity contribution in [2.45, 2.75) is 33.6 Å². The van der Waals surface area contributed by atoms with Gasteiger partial charge in [0.25, 0.3) is 0 Å². The molecule has 0 aliphatic heterocycles. The lowest BCUT2D eigenvalue weighted by molar-refractivity contribution is 0.715. The van der Waals surface area contributed by atoms with Crippen LogP contribution in [-0.4, -0.2) is 23.6 Å². The average Bonchev–Trinajstić information content (AvgIpc) is 2.41. The molecule has 1 N–H and O–H groups in total. The first-order valence-corrected chi connectivity index (χ1v) is 8.07. The van der Waals surface area contributed by atoms with Crippen LogP contribution in [0, 0.1) is 20.8 Å². The van der Waals surface area contributed by atoms with Gasteiger partial charge in [-0.3, -0.25) is 0 Å². The average molecular weight is 348 g/mol. The molecule has 1 heterocycles. The summed E-state index contributed by atoms with van der Waals surface area (Å²) in [6.07, 6.45) is 2.14. The number of aryl methyl sites for hydroxylation is 3. The van der Waals surface area contributed by atoms with Gasteiger partial charge >= 0.3 is 0 Å². The third-order valence-corrected chi connectivity index (χ3v) is 4.20. The number of rotatable bonds is 5. The number of hydrogen-bond donors (Lipinski definition) is 1. The van der Waals surface area contributed by atoms with Gasteiger partial charge in [0.1, 0.15) is 0 Å². The fourth-order valence-electron chi connectivity index (χ4n) is 2.54. The summed E-state index contributed by atoms with van der Waals surface area (Å²) in [5.74, 6) is 0.826. The summed E-state index contributed by atoms with van der Waals surface area (Å²) >= 11 is 3.50. The van der Waals surface area contributed by atoms with Crippen LogP contribution in [0.1, 0.15) is 28.9 Å². The molecule has 2 aromatic rings. The summed E-state index contributed by atoms with van der Waals surface area (Å²) in [4.78, 5) is 9.45. The van der Waals surface area contributed by atoms with Crippen molar-refractivity contribution in [2.24, 2.45) is 0 Å². The predicted molar refractivity (Wildman–Crippen MR) is 91.6 cm³/mol. The van der Waals surface area contributed by atoms with E-state index in [1.165, 1.54) is 11.1 Å². The van der Waals surface area contributed by atoms with E-state index in [1.54, 1.807) is 0 Å². The van der Waals surface area contributed by atoms with Crippen LogP contribution < -0.4 is 5.32 Å². The lowest BCUT2D eigenvalue weighted by atomic mass is 10.0. The molecule has 0 spiro atoms. The molecule has 1 aromatic heterocycles. The molecule has 0 radical (unpaired) electrons. The van der Waals surface area contributed by atoms with Gasteiger partial charge in [-0.1, -0.05) is 15.9 Å². The first-order valence-electron chi connectivity index (χ1n) is 7.28. The Labute approximate surface area is 135 Å². The summed E-state index contributed by atoms with van der Waals surface area (Å²) in [6.45, 7) is 7.28. The maximum atomic E-state index is 4.73. The Bertz CT molecular complexity index is 615. The van der Waals surface area contributed by atoms with Crippen molar-refractivity contribution in [3.8, 4) is 11.4 Å². The molecule has 0 aliphatic carbocycles. The highest BCUT2D eigenvalue weighted by molar-refractivity contribution is 9.10. The van der Waals surface area contributed by atoms with Crippen LogP contribution in [0.4, 0.5) is 0 Å². The van der Waals surface area contributed by atoms with E-state index in [9.17, 15) is 0 Å². The molecule has 21 heavy (non-hydrogen) atoms. The van der Waals surface area contributed by atoms with Crippen LogP contribution in [0.25, 0.3) is 11.4 Å². The molecule has 0 bridgehead atoms. The maximum Gasteiger partial charge on any atom is 0.159 e. The third-order valence-electron chi connectivity index (χ3n) is 3.70. The number of nitrogens with zero attached hydrogens (tertiary/aromatic N) is 2. The van der Waals surface area contributed by atoms with Crippen LogP contribution in [0.2, 0.25) is 0 Å². The van der Waals surface area contributed by atoms with Gasteiger partial charge in [0.15, 0.2) is 5.82 Å². The van der Waals surface area contributed by atoms with Crippen LogP contribution in [-0.2, 0) is 6.42 Å². The van der Waals surface area contributed by atoms with E-state index < -0.39 is 0 Å². The Hall–Kier alpha value is -1.26. The molecule has 0 saturated heterocycles. The minimum absolute atomic E-state index is 0.826. The first-order chi connectivity index (χ1) is 10.0. The van der Waals surface area contributed by atoms with Gasteiger partial charge in [-0.25, -0.2) is 9.97 Å². The number of hydrogen-bond acceptors (Lipinski definition) is 3. The molecular formula is C17H22BrN3. The summed E-state index contributed by atoms with van der Waals surface area (Å²) < 4.78 is 1.08. The first kappa shape index (κ1) is 16.1. The second-order valence-electron chi connectivity index (χ2n) is 5.36. The molecule has 0 atom stereocenters. The van der Waals surface area contributed by atoms with Crippen molar-refractivity contribution in [1.29, 1.82) is 0 Å². The topological polar surface area (TPSA) is 37.8 Å². The number of nitrogens with one attached hydrogen (secondary N) is 1. The fraction of sp³-hybridized carbons (Fsp3) is 0.412. The third kappa shape index (κ3) is 3.89.